The van der Waals surface area contributed by atoms with E-state index in [-0.39, 0.29) is 36.8 Å². The van der Waals surface area contributed by atoms with Crippen LogP contribution in [0.3, 0.4) is 0 Å². The molecule has 0 radical (unpaired) electrons. The van der Waals surface area contributed by atoms with Crippen LogP contribution in [0.25, 0.3) is 10.2 Å². The van der Waals surface area contributed by atoms with E-state index >= 15 is 0 Å². The van der Waals surface area contributed by atoms with Gasteiger partial charge in [0, 0.05) is 24.2 Å². The molecular weight excluding hydrogens is 502 g/mol. The van der Waals surface area contributed by atoms with Gasteiger partial charge < -0.3 is 19.7 Å². The number of benzene rings is 1. The van der Waals surface area contributed by atoms with E-state index in [1.165, 1.54) is 0 Å². The minimum Gasteiger partial charge on any atom is -0.457 e. The third-order valence-corrected chi connectivity index (χ3v) is 9.47. The van der Waals surface area contributed by atoms with Crippen LogP contribution in [-0.2, 0) is 19.1 Å². The van der Waals surface area contributed by atoms with Gasteiger partial charge in [-0.3, -0.25) is 9.59 Å². The molecule has 2 aromatic rings. The number of nitrogens with zero attached hydrogens (tertiary/aromatic N) is 1. The SMILES string of the molecule is C=CCC1C(=O)C(C)(C)CCC(=O)OC(c2ccc3sc(C)nc3c2)CC2OC2(C)CCCC(C)C1(O)O. The van der Waals surface area contributed by atoms with Crippen LogP contribution in [0.15, 0.2) is 30.9 Å². The number of carbonyl (C=O) groups excluding carboxylic acids is 2. The summed E-state index contributed by atoms with van der Waals surface area (Å²) in [6, 6.07) is 6.01. The number of Topliss-reactive ketones (excluding diaryl/α,β-unsaturated/α-hetero) is 1. The first-order valence-corrected chi connectivity index (χ1v) is 14.4. The van der Waals surface area contributed by atoms with Crippen molar-refractivity contribution < 1.29 is 29.3 Å². The van der Waals surface area contributed by atoms with Gasteiger partial charge >= 0.3 is 5.97 Å². The number of esters is 1. The van der Waals surface area contributed by atoms with E-state index in [0.29, 0.717) is 19.3 Å². The lowest BCUT2D eigenvalue weighted by Gasteiger charge is -2.39. The second-order valence-electron chi connectivity index (χ2n) is 12.0. The standard InChI is InChI=1S/C30H41NO6S/c1-7-9-21-27(33)28(4,5)15-13-26(32)36-23(20-11-12-24-22(16-20)31-19(3)38-24)17-25-29(6,37-25)14-8-10-18(2)30(21,34)35/h7,11-12,16,18,21,23,25,34-35H,1,8-10,13-15,17H2,2-6H3. The summed E-state index contributed by atoms with van der Waals surface area (Å²) in [5.41, 5.74) is 0.452. The van der Waals surface area contributed by atoms with Crippen molar-refractivity contribution >= 4 is 33.3 Å². The Hall–Kier alpha value is -2.13. The highest BCUT2D eigenvalue weighted by molar-refractivity contribution is 7.18. The minimum atomic E-state index is -2.18. The number of cyclic esters (lactones) is 1. The van der Waals surface area contributed by atoms with Crippen molar-refractivity contribution in [3.8, 4) is 0 Å². The van der Waals surface area contributed by atoms with E-state index in [1.807, 2.05) is 25.1 Å². The minimum absolute atomic E-state index is 0.0380. The molecule has 0 saturated carbocycles. The van der Waals surface area contributed by atoms with Gasteiger partial charge in [0.25, 0.3) is 0 Å². The van der Waals surface area contributed by atoms with Crippen LogP contribution < -0.4 is 0 Å². The Balaban J connectivity index is 1.62. The van der Waals surface area contributed by atoms with Crippen LogP contribution in [0.2, 0.25) is 0 Å². The molecule has 7 nitrogen and oxygen atoms in total. The number of thiazole rings is 1. The van der Waals surface area contributed by atoms with Gasteiger partial charge in [0.2, 0.25) is 0 Å². The average molecular weight is 544 g/mol. The molecule has 0 spiro atoms. The summed E-state index contributed by atoms with van der Waals surface area (Å²) in [4.78, 5) is 31.3. The summed E-state index contributed by atoms with van der Waals surface area (Å²) >= 11 is 1.63. The van der Waals surface area contributed by atoms with Gasteiger partial charge in [0.05, 0.1) is 32.8 Å². The molecule has 38 heavy (non-hydrogen) atoms. The smallest absolute Gasteiger partial charge is 0.306 e. The molecule has 2 fully saturated rings. The predicted molar refractivity (Wildman–Crippen MR) is 148 cm³/mol. The van der Waals surface area contributed by atoms with Crippen LogP contribution in [0.1, 0.15) is 89.3 Å². The predicted octanol–water partition coefficient (Wildman–Crippen LogP) is 5.81. The van der Waals surface area contributed by atoms with Crippen molar-refractivity contribution in [1.29, 1.82) is 0 Å². The fourth-order valence-electron chi connectivity index (χ4n) is 5.70. The third kappa shape index (κ3) is 6.03. The van der Waals surface area contributed by atoms with Crippen LogP contribution in [0.4, 0.5) is 0 Å². The van der Waals surface area contributed by atoms with E-state index in [9.17, 15) is 19.8 Å². The molecule has 2 aliphatic heterocycles. The zero-order valence-corrected chi connectivity index (χ0v) is 24.0. The maximum absolute atomic E-state index is 13.6. The van der Waals surface area contributed by atoms with Gasteiger partial charge in [0.1, 0.15) is 11.9 Å². The van der Waals surface area contributed by atoms with Crippen LogP contribution in [0.5, 0.6) is 0 Å². The number of ketones is 1. The molecule has 0 amide bonds. The maximum Gasteiger partial charge on any atom is 0.306 e. The van der Waals surface area contributed by atoms with Gasteiger partial charge in [-0.15, -0.1) is 17.9 Å². The lowest BCUT2D eigenvalue weighted by molar-refractivity contribution is -0.233. The first-order chi connectivity index (χ1) is 17.8. The summed E-state index contributed by atoms with van der Waals surface area (Å²) < 4.78 is 13.2. The lowest BCUT2D eigenvalue weighted by Crippen LogP contribution is -2.50. The van der Waals surface area contributed by atoms with Gasteiger partial charge in [-0.1, -0.05) is 39.3 Å². The number of aryl methyl sites for hydroxylation is 1. The fourth-order valence-corrected chi connectivity index (χ4v) is 6.50. The summed E-state index contributed by atoms with van der Waals surface area (Å²) in [7, 11) is 0. The second-order valence-corrected chi connectivity index (χ2v) is 13.2. The molecule has 5 atom stereocenters. The van der Waals surface area contributed by atoms with Gasteiger partial charge in [-0.25, -0.2) is 4.98 Å². The van der Waals surface area contributed by atoms with Crippen molar-refractivity contribution in [3.63, 3.8) is 0 Å². The number of aliphatic hydroxyl groups is 2. The highest BCUT2D eigenvalue weighted by Gasteiger charge is 2.53. The summed E-state index contributed by atoms with van der Waals surface area (Å²) in [6.45, 7) is 13.0. The molecule has 3 heterocycles. The largest absolute Gasteiger partial charge is 0.457 e. The van der Waals surface area contributed by atoms with E-state index in [2.05, 4.69) is 18.5 Å². The first kappa shape index (κ1) is 28.9. The number of ether oxygens (including phenoxy) is 2. The quantitative estimate of drug-likeness (QED) is 0.218. The van der Waals surface area contributed by atoms with Crippen LogP contribution >= 0.6 is 11.3 Å². The Bertz CT molecular complexity index is 1200. The molecule has 1 aromatic heterocycles. The topological polar surface area (TPSA) is 109 Å². The Morgan fingerprint density at radius 2 is 1.95 bits per heavy atom. The Morgan fingerprint density at radius 1 is 1.21 bits per heavy atom. The van der Waals surface area contributed by atoms with Gasteiger partial charge in [0.15, 0.2) is 5.79 Å². The second kappa shape index (κ2) is 10.8. The van der Waals surface area contributed by atoms with Crippen LogP contribution in [-0.4, -0.2) is 44.4 Å². The molecule has 2 saturated heterocycles. The Kier molecular flexibility index (Phi) is 8.20. The average Bonchev–Trinajstić information content (AvgIpc) is 3.31. The van der Waals surface area contributed by atoms with Crippen molar-refractivity contribution in [2.24, 2.45) is 17.3 Å². The zero-order chi connectivity index (χ0) is 27.9. The highest BCUT2D eigenvalue weighted by Crippen LogP contribution is 2.47. The summed E-state index contributed by atoms with van der Waals surface area (Å²) in [6.07, 6.45) is 3.92. The molecule has 2 N–H and O–H groups in total. The number of aromatic nitrogens is 1. The number of rotatable bonds is 3. The molecule has 1 aromatic carbocycles. The highest BCUT2D eigenvalue weighted by atomic mass is 32.1. The molecule has 8 heteroatoms. The molecular formula is C30H41NO6S. The van der Waals surface area contributed by atoms with Crippen molar-refractivity contribution in [2.75, 3.05) is 0 Å². The van der Waals surface area contributed by atoms with Crippen molar-refractivity contribution in [1.82, 2.24) is 4.98 Å². The zero-order valence-electron chi connectivity index (χ0n) is 23.2. The molecule has 2 aliphatic rings. The van der Waals surface area contributed by atoms with Gasteiger partial charge in [-0.2, -0.15) is 0 Å². The number of allylic oxidation sites excluding steroid dienone is 1. The number of fused-ring (bicyclic) bond motifs is 2. The maximum atomic E-state index is 13.6. The van der Waals surface area contributed by atoms with Crippen LogP contribution in [0, 0.1) is 24.2 Å². The van der Waals surface area contributed by atoms with Crippen molar-refractivity contribution in [3.05, 3.63) is 41.4 Å². The normalized spacial score (nSPS) is 32.4. The molecule has 0 aliphatic carbocycles. The lowest BCUT2D eigenvalue weighted by atomic mass is 9.71. The Labute approximate surface area is 229 Å². The van der Waals surface area contributed by atoms with E-state index < -0.39 is 35.1 Å². The summed E-state index contributed by atoms with van der Waals surface area (Å²) in [5.74, 6) is -4.41. The third-order valence-electron chi connectivity index (χ3n) is 8.52. The fraction of sp³-hybridized carbons (Fsp3) is 0.633. The first-order valence-electron chi connectivity index (χ1n) is 13.6. The monoisotopic (exact) mass is 543 g/mol. The summed E-state index contributed by atoms with van der Waals surface area (Å²) in [5, 5.41) is 23.3. The number of carbonyl (C=O) groups is 2. The molecule has 5 unspecified atom stereocenters. The van der Waals surface area contributed by atoms with Gasteiger partial charge in [-0.05, 0) is 57.2 Å². The van der Waals surface area contributed by atoms with Crippen molar-refractivity contribution in [2.45, 2.75) is 103 Å². The molecule has 0 bridgehead atoms. The number of hydrogen-bond donors (Lipinski definition) is 2. The van der Waals surface area contributed by atoms with E-state index in [1.54, 1.807) is 38.2 Å². The van der Waals surface area contributed by atoms with E-state index in [4.69, 9.17) is 9.47 Å². The molecule has 208 valence electrons. The Morgan fingerprint density at radius 3 is 2.66 bits per heavy atom. The number of epoxide rings is 1. The molecule has 4 rings (SSSR count). The number of hydrogen-bond acceptors (Lipinski definition) is 8. The van der Waals surface area contributed by atoms with E-state index in [0.717, 1.165) is 27.2 Å².